The van der Waals surface area contributed by atoms with E-state index < -0.39 is 23.9 Å². The van der Waals surface area contributed by atoms with E-state index in [-0.39, 0.29) is 30.3 Å². The summed E-state index contributed by atoms with van der Waals surface area (Å²) in [5.74, 6) is -0.559. The predicted molar refractivity (Wildman–Crippen MR) is 114 cm³/mol. The molecule has 0 radical (unpaired) electrons. The van der Waals surface area contributed by atoms with Crippen LogP contribution in [0.4, 0.5) is 13.2 Å². The summed E-state index contributed by atoms with van der Waals surface area (Å²) in [4.78, 5) is 27.4. The van der Waals surface area contributed by atoms with Crippen LogP contribution in [0.15, 0.2) is 24.3 Å². The van der Waals surface area contributed by atoms with Gasteiger partial charge in [0.2, 0.25) is 11.8 Å². The summed E-state index contributed by atoms with van der Waals surface area (Å²) in [5, 5.41) is 2.79. The van der Waals surface area contributed by atoms with Gasteiger partial charge in [0.05, 0.1) is 24.9 Å². The highest BCUT2D eigenvalue weighted by Gasteiger charge is 2.34. The molecule has 0 spiro atoms. The molecule has 1 aromatic carbocycles. The van der Waals surface area contributed by atoms with Gasteiger partial charge < -0.3 is 19.7 Å². The highest BCUT2D eigenvalue weighted by atomic mass is 19.4. The summed E-state index contributed by atoms with van der Waals surface area (Å²) >= 11 is 0. The Labute approximate surface area is 187 Å². The van der Waals surface area contributed by atoms with Crippen molar-refractivity contribution in [2.75, 3.05) is 26.8 Å². The van der Waals surface area contributed by atoms with E-state index in [0.29, 0.717) is 25.3 Å². The summed E-state index contributed by atoms with van der Waals surface area (Å²) in [6, 6.07) is 3.80. The molecule has 1 heterocycles. The molecule has 1 aromatic rings. The zero-order valence-corrected chi connectivity index (χ0v) is 19.1. The Morgan fingerprint density at radius 2 is 1.84 bits per heavy atom. The Morgan fingerprint density at radius 1 is 1.19 bits per heavy atom. The van der Waals surface area contributed by atoms with E-state index in [1.54, 1.807) is 32.8 Å². The third kappa shape index (κ3) is 7.48. The van der Waals surface area contributed by atoms with Gasteiger partial charge in [-0.05, 0) is 43.4 Å². The molecule has 0 bridgehead atoms. The van der Waals surface area contributed by atoms with Crippen LogP contribution in [-0.2, 0) is 31.8 Å². The average Bonchev–Trinajstić information content (AvgIpc) is 2.75. The van der Waals surface area contributed by atoms with E-state index in [1.165, 1.54) is 12.1 Å². The van der Waals surface area contributed by atoms with Crippen molar-refractivity contribution >= 4 is 11.8 Å². The number of likely N-dealkylation sites (tertiary alicyclic amines) is 1. The number of amides is 2. The van der Waals surface area contributed by atoms with Crippen molar-refractivity contribution < 1.29 is 32.2 Å². The van der Waals surface area contributed by atoms with Gasteiger partial charge in [-0.3, -0.25) is 9.59 Å². The summed E-state index contributed by atoms with van der Waals surface area (Å²) in [6.07, 6.45) is -3.25. The van der Waals surface area contributed by atoms with Crippen LogP contribution in [0, 0.1) is 11.8 Å². The second kappa shape index (κ2) is 11.7. The van der Waals surface area contributed by atoms with Crippen LogP contribution in [0.5, 0.6) is 0 Å². The normalized spacial score (nSPS) is 19.0. The van der Waals surface area contributed by atoms with Crippen LogP contribution in [0.1, 0.15) is 44.7 Å². The SMILES string of the molecule is COCC1CCCN(C(=O)C(NC(=O)C(C)C)C(C)OCc2ccc(C(F)(F)F)cc2)C1. The molecule has 0 aromatic heterocycles. The third-order valence-electron chi connectivity index (χ3n) is 5.58. The zero-order valence-electron chi connectivity index (χ0n) is 19.1. The Balaban J connectivity index is 2.07. The van der Waals surface area contributed by atoms with Gasteiger partial charge in [-0.25, -0.2) is 0 Å². The molecule has 0 saturated carbocycles. The number of halogens is 3. The lowest BCUT2D eigenvalue weighted by Crippen LogP contribution is -2.56. The van der Waals surface area contributed by atoms with Crippen LogP contribution in [0.25, 0.3) is 0 Å². The number of piperidine rings is 1. The lowest BCUT2D eigenvalue weighted by Gasteiger charge is -2.36. The number of hydrogen-bond donors (Lipinski definition) is 1. The second-order valence-corrected chi connectivity index (χ2v) is 8.60. The number of carbonyl (C=O) groups is 2. The maximum absolute atomic E-state index is 13.3. The van der Waals surface area contributed by atoms with Crippen molar-refractivity contribution in [1.29, 1.82) is 0 Å². The van der Waals surface area contributed by atoms with E-state index >= 15 is 0 Å². The molecule has 180 valence electrons. The minimum atomic E-state index is -4.40. The quantitative estimate of drug-likeness (QED) is 0.614. The number of alkyl halides is 3. The largest absolute Gasteiger partial charge is 0.416 e. The maximum atomic E-state index is 13.3. The predicted octanol–water partition coefficient (Wildman–Crippen LogP) is 3.64. The molecule has 32 heavy (non-hydrogen) atoms. The highest BCUT2D eigenvalue weighted by Crippen LogP contribution is 2.29. The molecular formula is C23H33F3N2O4. The monoisotopic (exact) mass is 458 g/mol. The van der Waals surface area contributed by atoms with Gasteiger partial charge in [0.15, 0.2) is 0 Å². The summed E-state index contributed by atoms with van der Waals surface area (Å²) in [7, 11) is 1.63. The van der Waals surface area contributed by atoms with Gasteiger partial charge in [-0.1, -0.05) is 26.0 Å². The van der Waals surface area contributed by atoms with Gasteiger partial charge >= 0.3 is 6.18 Å². The zero-order chi connectivity index (χ0) is 23.9. The smallest absolute Gasteiger partial charge is 0.384 e. The minimum Gasteiger partial charge on any atom is -0.384 e. The molecule has 3 atom stereocenters. The molecule has 1 aliphatic heterocycles. The highest BCUT2D eigenvalue weighted by molar-refractivity contribution is 5.88. The van der Waals surface area contributed by atoms with E-state index in [4.69, 9.17) is 9.47 Å². The molecule has 1 N–H and O–H groups in total. The number of hydrogen-bond acceptors (Lipinski definition) is 4. The van der Waals surface area contributed by atoms with Crippen molar-refractivity contribution in [1.82, 2.24) is 10.2 Å². The molecule has 6 nitrogen and oxygen atoms in total. The molecule has 2 rings (SSSR count). The lowest BCUT2D eigenvalue weighted by atomic mass is 9.97. The fraction of sp³-hybridized carbons (Fsp3) is 0.652. The van der Waals surface area contributed by atoms with E-state index in [0.717, 1.165) is 25.0 Å². The van der Waals surface area contributed by atoms with Crippen LogP contribution >= 0.6 is 0 Å². The van der Waals surface area contributed by atoms with Crippen molar-refractivity contribution in [3.8, 4) is 0 Å². The number of rotatable bonds is 9. The molecule has 3 unspecified atom stereocenters. The topological polar surface area (TPSA) is 67.9 Å². The fourth-order valence-corrected chi connectivity index (χ4v) is 3.65. The standard InChI is InChI=1S/C23H33F3N2O4/c1-15(2)21(29)27-20(22(30)28-11-5-6-18(12-28)13-31-4)16(3)32-14-17-7-9-19(10-8-17)23(24,25)26/h7-10,15-16,18,20H,5-6,11-14H2,1-4H3,(H,27,29). The number of carbonyl (C=O) groups excluding carboxylic acids is 2. The van der Waals surface area contributed by atoms with Crippen molar-refractivity contribution in [3.05, 3.63) is 35.4 Å². The van der Waals surface area contributed by atoms with Gasteiger partial charge in [-0.15, -0.1) is 0 Å². The number of nitrogens with one attached hydrogen (secondary N) is 1. The summed E-state index contributed by atoms with van der Waals surface area (Å²) in [6.45, 7) is 6.88. The fourth-order valence-electron chi connectivity index (χ4n) is 3.65. The molecule has 9 heteroatoms. The van der Waals surface area contributed by atoms with E-state index in [1.807, 2.05) is 0 Å². The van der Waals surface area contributed by atoms with Crippen LogP contribution in [-0.4, -0.2) is 55.7 Å². The number of nitrogens with zero attached hydrogens (tertiary/aromatic N) is 1. The number of methoxy groups -OCH3 is 1. The Kier molecular flexibility index (Phi) is 9.51. The molecular weight excluding hydrogens is 425 g/mol. The van der Waals surface area contributed by atoms with Gasteiger partial charge in [0.25, 0.3) is 0 Å². The van der Waals surface area contributed by atoms with E-state index in [9.17, 15) is 22.8 Å². The van der Waals surface area contributed by atoms with Gasteiger partial charge in [0.1, 0.15) is 6.04 Å². The van der Waals surface area contributed by atoms with Crippen molar-refractivity contribution in [3.63, 3.8) is 0 Å². The van der Waals surface area contributed by atoms with Gasteiger partial charge in [0, 0.05) is 26.1 Å². The van der Waals surface area contributed by atoms with Crippen LogP contribution < -0.4 is 5.32 Å². The van der Waals surface area contributed by atoms with Crippen molar-refractivity contribution in [2.45, 2.75) is 58.5 Å². The first-order chi connectivity index (χ1) is 15.0. The van der Waals surface area contributed by atoms with E-state index in [2.05, 4.69) is 5.32 Å². The first kappa shape index (κ1) is 26.1. The Bertz CT molecular complexity index is 751. The van der Waals surface area contributed by atoms with Gasteiger partial charge in [-0.2, -0.15) is 13.2 Å². The molecule has 1 saturated heterocycles. The number of ether oxygens (including phenoxy) is 2. The second-order valence-electron chi connectivity index (χ2n) is 8.60. The Morgan fingerprint density at radius 3 is 2.41 bits per heavy atom. The number of benzene rings is 1. The minimum absolute atomic E-state index is 0.0208. The molecule has 2 amide bonds. The summed E-state index contributed by atoms with van der Waals surface area (Å²) in [5.41, 5.74) is -0.188. The van der Waals surface area contributed by atoms with Crippen LogP contribution in [0.3, 0.4) is 0 Å². The van der Waals surface area contributed by atoms with Crippen LogP contribution in [0.2, 0.25) is 0 Å². The third-order valence-corrected chi connectivity index (χ3v) is 5.58. The lowest BCUT2D eigenvalue weighted by molar-refractivity contribution is -0.143. The summed E-state index contributed by atoms with van der Waals surface area (Å²) < 4.78 is 49.3. The average molecular weight is 459 g/mol. The van der Waals surface area contributed by atoms with Crippen molar-refractivity contribution in [2.24, 2.45) is 11.8 Å². The first-order valence-corrected chi connectivity index (χ1v) is 10.9. The first-order valence-electron chi connectivity index (χ1n) is 10.9. The maximum Gasteiger partial charge on any atom is 0.416 e. The molecule has 1 aliphatic rings. The molecule has 0 aliphatic carbocycles. The Hall–Kier alpha value is -2.13. The molecule has 1 fully saturated rings.